The number of halogens is 1. The summed E-state index contributed by atoms with van der Waals surface area (Å²) in [6, 6.07) is 6.84. The summed E-state index contributed by atoms with van der Waals surface area (Å²) in [7, 11) is 0. The number of carboxylic acid groups (broad SMARTS) is 1. The van der Waals surface area contributed by atoms with E-state index in [4.69, 9.17) is 11.6 Å². The maximum Gasteiger partial charge on any atom is 0.326 e. The van der Waals surface area contributed by atoms with Gasteiger partial charge in [-0.15, -0.1) is 11.8 Å². The minimum atomic E-state index is -0.901. The molecule has 0 aromatic heterocycles. The van der Waals surface area contributed by atoms with Crippen LogP contribution in [0.5, 0.6) is 0 Å². The maximum atomic E-state index is 12.2. The molecule has 1 aliphatic rings. The van der Waals surface area contributed by atoms with Gasteiger partial charge in [-0.3, -0.25) is 4.79 Å². The molecule has 0 saturated carbocycles. The minimum absolute atomic E-state index is 0.0818. The van der Waals surface area contributed by atoms with Crippen LogP contribution < -0.4 is 0 Å². The number of amides is 1. The zero-order chi connectivity index (χ0) is 15.2. The number of hydrogen-bond donors (Lipinski definition) is 1. The van der Waals surface area contributed by atoms with Gasteiger partial charge in [0, 0.05) is 23.6 Å². The predicted octanol–water partition coefficient (Wildman–Crippen LogP) is 3.29. The molecular weight excluding hydrogens is 310 g/mol. The highest BCUT2D eigenvalue weighted by atomic mass is 35.5. The Kier molecular flexibility index (Phi) is 5.94. The number of thioether (sulfide) groups is 1. The van der Waals surface area contributed by atoms with Crippen molar-refractivity contribution in [1.82, 2.24) is 4.90 Å². The average molecular weight is 328 g/mol. The third-order valence-corrected chi connectivity index (χ3v) is 5.04. The van der Waals surface area contributed by atoms with Crippen molar-refractivity contribution in [3.63, 3.8) is 0 Å². The van der Waals surface area contributed by atoms with Crippen molar-refractivity contribution in [1.29, 1.82) is 0 Å². The highest BCUT2D eigenvalue weighted by Gasteiger charge is 2.31. The molecule has 0 spiro atoms. The molecule has 2 rings (SSSR count). The largest absolute Gasteiger partial charge is 0.480 e. The van der Waals surface area contributed by atoms with Crippen LogP contribution in [0, 0.1) is 0 Å². The molecule has 0 bridgehead atoms. The van der Waals surface area contributed by atoms with E-state index in [0.29, 0.717) is 30.2 Å². The van der Waals surface area contributed by atoms with E-state index < -0.39 is 12.0 Å². The lowest BCUT2D eigenvalue weighted by molar-refractivity contribution is -0.151. The van der Waals surface area contributed by atoms with Gasteiger partial charge in [0.1, 0.15) is 6.04 Å². The number of carboxylic acids is 1. The SMILES string of the molecule is O=C(O)[C@H]1CCCCN1C(=O)CCSc1ccccc1Cl. The maximum absolute atomic E-state index is 12.2. The van der Waals surface area contributed by atoms with Gasteiger partial charge in [-0.1, -0.05) is 23.7 Å². The van der Waals surface area contributed by atoms with E-state index in [1.54, 1.807) is 0 Å². The molecule has 0 aliphatic carbocycles. The zero-order valence-corrected chi connectivity index (χ0v) is 13.2. The number of nitrogens with zero attached hydrogens (tertiary/aromatic N) is 1. The van der Waals surface area contributed by atoms with Crippen LogP contribution >= 0.6 is 23.4 Å². The monoisotopic (exact) mass is 327 g/mol. The lowest BCUT2D eigenvalue weighted by Crippen LogP contribution is -2.48. The van der Waals surface area contributed by atoms with Crippen molar-refractivity contribution < 1.29 is 14.7 Å². The number of carbonyl (C=O) groups is 2. The molecule has 0 unspecified atom stereocenters. The second-order valence-electron chi connectivity index (χ2n) is 4.97. The molecule has 1 aromatic carbocycles. The standard InChI is InChI=1S/C15H18ClNO3S/c16-11-5-1-2-7-13(11)21-10-8-14(18)17-9-4-3-6-12(17)15(19)20/h1-2,5,7,12H,3-4,6,8-10H2,(H,19,20)/t12-/m1/s1. The van der Waals surface area contributed by atoms with Gasteiger partial charge < -0.3 is 10.0 Å². The Morgan fingerprint density at radius 2 is 2.10 bits per heavy atom. The van der Waals surface area contributed by atoms with Crippen molar-refractivity contribution in [3.8, 4) is 0 Å². The third kappa shape index (κ3) is 4.38. The second-order valence-corrected chi connectivity index (χ2v) is 6.51. The fourth-order valence-electron chi connectivity index (χ4n) is 2.44. The first-order valence-electron chi connectivity index (χ1n) is 6.99. The van der Waals surface area contributed by atoms with E-state index in [9.17, 15) is 14.7 Å². The fourth-order valence-corrected chi connectivity index (χ4v) is 3.62. The van der Waals surface area contributed by atoms with E-state index in [-0.39, 0.29) is 5.91 Å². The molecule has 1 aromatic rings. The van der Waals surface area contributed by atoms with Crippen molar-refractivity contribution in [2.45, 2.75) is 36.6 Å². The molecule has 1 atom stereocenters. The van der Waals surface area contributed by atoms with Crippen molar-refractivity contribution in [2.75, 3.05) is 12.3 Å². The lowest BCUT2D eigenvalue weighted by atomic mass is 10.0. The van der Waals surface area contributed by atoms with Crippen LogP contribution in [-0.4, -0.2) is 40.2 Å². The van der Waals surface area contributed by atoms with Crippen molar-refractivity contribution in [3.05, 3.63) is 29.3 Å². The number of hydrogen-bond acceptors (Lipinski definition) is 3. The van der Waals surface area contributed by atoms with Crippen LogP contribution in [0.25, 0.3) is 0 Å². The highest BCUT2D eigenvalue weighted by molar-refractivity contribution is 7.99. The predicted molar refractivity (Wildman–Crippen MR) is 83.8 cm³/mol. The number of rotatable bonds is 5. The van der Waals surface area contributed by atoms with Crippen LogP contribution in [0.2, 0.25) is 5.02 Å². The van der Waals surface area contributed by atoms with Crippen LogP contribution in [0.4, 0.5) is 0 Å². The molecule has 1 heterocycles. The van der Waals surface area contributed by atoms with E-state index in [0.717, 1.165) is 17.7 Å². The Morgan fingerprint density at radius 3 is 2.81 bits per heavy atom. The van der Waals surface area contributed by atoms with E-state index in [1.165, 1.54) is 16.7 Å². The minimum Gasteiger partial charge on any atom is -0.480 e. The zero-order valence-electron chi connectivity index (χ0n) is 11.6. The number of piperidine rings is 1. The van der Waals surface area contributed by atoms with E-state index in [2.05, 4.69) is 0 Å². The normalized spacial score (nSPS) is 18.5. The Bertz CT molecular complexity index is 523. The summed E-state index contributed by atoms with van der Waals surface area (Å²) in [5.41, 5.74) is 0. The van der Waals surface area contributed by atoms with Gasteiger partial charge in [0.25, 0.3) is 0 Å². The highest BCUT2D eigenvalue weighted by Crippen LogP contribution is 2.27. The lowest BCUT2D eigenvalue weighted by Gasteiger charge is -2.33. The Morgan fingerprint density at radius 1 is 1.33 bits per heavy atom. The van der Waals surface area contributed by atoms with Crippen molar-refractivity contribution in [2.24, 2.45) is 0 Å². The van der Waals surface area contributed by atoms with Gasteiger partial charge in [-0.05, 0) is 31.4 Å². The summed E-state index contributed by atoms with van der Waals surface area (Å²) in [4.78, 5) is 25.9. The van der Waals surface area contributed by atoms with Crippen LogP contribution in [-0.2, 0) is 9.59 Å². The first-order chi connectivity index (χ1) is 10.1. The van der Waals surface area contributed by atoms with Gasteiger partial charge in [0.2, 0.25) is 5.91 Å². The van der Waals surface area contributed by atoms with Crippen LogP contribution in [0.3, 0.4) is 0 Å². The summed E-state index contributed by atoms with van der Waals surface area (Å²) in [5, 5.41) is 9.86. The number of likely N-dealkylation sites (tertiary alicyclic amines) is 1. The summed E-state index contributed by atoms with van der Waals surface area (Å²) < 4.78 is 0. The summed E-state index contributed by atoms with van der Waals surface area (Å²) >= 11 is 7.58. The van der Waals surface area contributed by atoms with Crippen LogP contribution in [0.15, 0.2) is 29.2 Å². The number of benzene rings is 1. The summed E-state index contributed by atoms with van der Waals surface area (Å²) in [6.07, 6.45) is 2.64. The number of carbonyl (C=O) groups excluding carboxylic acids is 1. The third-order valence-electron chi connectivity index (χ3n) is 3.52. The van der Waals surface area contributed by atoms with Gasteiger partial charge in [0.15, 0.2) is 0 Å². The molecule has 1 amide bonds. The van der Waals surface area contributed by atoms with Gasteiger partial charge >= 0.3 is 5.97 Å². The molecule has 21 heavy (non-hydrogen) atoms. The van der Waals surface area contributed by atoms with Gasteiger partial charge in [0.05, 0.1) is 5.02 Å². The van der Waals surface area contributed by atoms with E-state index in [1.807, 2.05) is 24.3 Å². The first-order valence-corrected chi connectivity index (χ1v) is 8.35. The number of aliphatic carboxylic acids is 1. The molecule has 1 aliphatic heterocycles. The second kappa shape index (κ2) is 7.71. The van der Waals surface area contributed by atoms with E-state index >= 15 is 0 Å². The topological polar surface area (TPSA) is 57.6 Å². The van der Waals surface area contributed by atoms with Crippen molar-refractivity contribution >= 4 is 35.2 Å². The molecule has 1 N–H and O–H groups in total. The van der Waals surface area contributed by atoms with Gasteiger partial charge in [-0.25, -0.2) is 4.79 Å². The Hall–Kier alpha value is -1.20. The molecule has 6 heteroatoms. The van der Waals surface area contributed by atoms with Crippen LogP contribution in [0.1, 0.15) is 25.7 Å². The summed E-state index contributed by atoms with van der Waals surface area (Å²) in [5.74, 6) is -0.380. The molecule has 1 saturated heterocycles. The average Bonchev–Trinajstić information content (AvgIpc) is 2.49. The molecule has 114 valence electrons. The molecule has 0 radical (unpaired) electrons. The molecule has 4 nitrogen and oxygen atoms in total. The first kappa shape index (κ1) is 16.2. The Balaban J connectivity index is 1.86. The molecule has 1 fully saturated rings. The Labute approximate surface area is 133 Å². The fraction of sp³-hybridized carbons (Fsp3) is 0.467. The molecular formula is C15H18ClNO3S. The smallest absolute Gasteiger partial charge is 0.326 e. The summed E-state index contributed by atoms with van der Waals surface area (Å²) in [6.45, 7) is 0.548. The van der Waals surface area contributed by atoms with Gasteiger partial charge in [-0.2, -0.15) is 0 Å². The quantitative estimate of drug-likeness (QED) is 0.843.